The van der Waals surface area contributed by atoms with E-state index in [1.54, 1.807) is 19.2 Å². The van der Waals surface area contributed by atoms with Crippen molar-refractivity contribution in [1.29, 1.82) is 0 Å². The highest BCUT2D eigenvalue weighted by Gasteiger charge is 2.28. The largest absolute Gasteiger partial charge is 0.381 e. The summed E-state index contributed by atoms with van der Waals surface area (Å²) < 4.78 is 5.39. The number of hydrogen-bond acceptors (Lipinski definition) is 4. The molecule has 1 amide bonds. The zero-order valence-corrected chi connectivity index (χ0v) is 13.2. The standard InChI is InChI=1S/C17H23NO4/c1-18(21-2)17(20)16(11-13-7-9-22-10-8-13)15-5-3-14(12-19)4-6-15/h3-6,12-13,16H,7-11H2,1-2H3. The number of hydrogen-bond donors (Lipinski definition) is 0. The first kappa shape index (κ1) is 16.6. The number of amides is 1. The highest BCUT2D eigenvalue weighted by Crippen LogP contribution is 2.31. The van der Waals surface area contributed by atoms with E-state index in [-0.39, 0.29) is 11.8 Å². The summed E-state index contributed by atoms with van der Waals surface area (Å²) in [6.45, 7) is 1.52. The summed E-state index contributed by atoms with van der Waals surface area (Å²) in [5, 5.41) is 1.28. The number of carbonyl (C=O) groups is 2. The third-order valence-electron chi connectivity index (χ3n) is 4.27. The SMILES string of the molecule is CON(C)C(=O)C(CC1CCOCC1)c1ccc(C=O)cc1. The molecule has 5 heteroatoms. The minimum Gasteiger partial charge on any atom is -0.381 e. The Morgan fingerprint density at radius 3 is 2.55 bits per heavy atom. The van der Waals surface area contributed by atoms with Crippen LogP contribution in [0, 0.1) is 5.92 Å². The monoisotopic (exact) mass is 305 g/mol. The van der Waals surface area contributed by atoms with Crippen LogP contribution >= 0.6 is 0 Å². The first-order valence-corrected chi connectivity index (χ1v) is 7.60. The lowest BCUT2D eigenvalue weighted by Crippen LogP contribution is -2.32. The molecule has 1 saturated heterocycles. The molecule has 0 saturated carbocycles. The van der Waals surface area contributed by atoms with Crippen LogP contribution in [-0.4, -0.2) is 44.6 Å². The van der Waals surface area contributed by atoms with E-state index in [0.29, 0.717) is 11.5 Å². The topological polar surface area (TPSA) is 55.8 Å². The minimum absolute atomic E-state index is 0.0622. The number of aldehydes is 1. The molecule has 1 aromatic rings. The third-order valence-corrected chi connectivity index (χ3v) is 4.27. The van der Waals surface area contributed by atoms with E-state index in [0.717, 1.165) is 44.3 Å². The maximum Gasteiger partial charge on any atom is 0.253 e. The zero-order chi connectivity index (χ0) is 15.9. The van der Waals surface area contributed by atoms with Crippen LogP contribution in [0.3, 0.4) is 0 Å². The van der Waals surface area contributed by atoms with Crippen LogP contribution in [0.25, 0.3) is 0 Å². The van der Waals surface area contributed by atoms with Crippen molar-refractivity contribution in [3.05, 3.63) is 35.4 Å². The first-order valence-electron chi connectivity index (χ1n) is 7.60. The number of ether oxygens (including phenoxy) is 1. The van der Waals surface area contributed by atoms with Crippen LogP contribution < -0.4 is 0 Å². The molecule has 1 aliphatic heterocycles. The Morgan fingerprint density at radius 1 is 1.36 bits per heavy atom. The molecule has 0 bridgehead atoms. The van der Waals surface area contributed by atoms with E-state index in [2.05, 4.69) is 0 Å². The lowest BCUT2D eigenvalue weighted by molar-refractivity contribution is -0.171. The Morgan fingerprint density at radius 2 is 2.00 bits per heavy atom. The minimum atomic E-state index is -0.256. The van der Waals surface area contributed by atoms with Crippen molar-refractivity contribution in [2.45, 2.75) is 25.2 Å². The average Bonchev–Trinajstić information content (AvgIpc) is 2.59. The van der Waals surface area contributed by atoms with Crippen molar-refractivity contribution in [3.8, 4) is 0 Å². The van der Waals surface area contributed by atoms with Gasteiger partial charge in [-0.05, 0) is 30.7 Å². The molecule has 0 radical (unpaired) electrons. The smallest absolute Gasteiger partial charge is 0.253 e. The van der Waals surface area contributed by atoms with Crippen molar-refractivity contribution in [2.24, 2.45) is 5.92 Å². The fourth-order valence-electron chi connectivity index (χ4n) is 2.81. The molecule has 2 rings (SSSR count). The maximum absolute atomic E-state index is 12.6. The molecular weight excluding hydrogens is 282 g/mol. The van der Waals surface area contributed by atoms with Crippen molar-refractivity contribution in [3.63, 3.8) is 0 Å². The summed E-state index contributed by atoms with van der Waals surface area (Å²) in [5.74, 6) is 0.153. The Labute approximate surface area is 131 Å². The Balaban J connectivity index is 2.18. The lowest BCUT2D eigenvalue weighted by Gasteiger charge is -2.28. The summed E-state index contributed by atoms with van der Waals surface area (Å²) in [6.07, 6.45) is 3.54. The zero-order valence-electron chi connectivity index (χ0n) is 13.2. The second-order valence-corrected chi connectivity index (χ2v) is 5.65. The van der Waals surface area contributed by atoms with Gasteiger partial charge in [-0.2, -0.15) is 0 Å². The van der Waals surface area contributed by atoms with Gasteiger partial charge in [0.2, 0.25) is 0 Å². The normalized spacial score (nSPS) is 17.0. The molecule has 1 atom stereocenters. The highest BCUT2D eigenvalue weighted by molar-refractivity contribution is 5.83. The number of rotatable bonds is 6. The van der Waals surface area contributed by atoms with E-state index >= 15 is 0 Å². The average molecular weight is 305 g/mol. The van der Waals surface area contributed by atoms with Crippen LogP contribution in [0.1, 0.15) is 41.1 Å². The second-order valence-electron chi connectivity index (χ2n) is 5.65. The first-order chi connectivity index (χ1) is 10.7. The molecule has 0 spiro atoms. The van der Waals surface area contributed by atoms with E-state index in [1.165, 1.54) is 12.2 Å². The van der Waals surface area contributed by atoms with Gasteiger partial charge in [0.25, 0.3) is 5.91 Å². The van der Waals surface area contributed by atoms with Crippen molar-refractivity contribution < 1.29 is 19.2 Å². The van der Waals surface area contributed by atoms with Crippen molar-refractivity contribution in [2.75, 3.05) is 27.4 Å². The molecule has 5 nitrogen and oxygen atoms in total. The molecule has 1 aliphatic rings. The Hall–Kier alpha value is -1.72. The van der Waals surface area contributed by atoms with Gasteiger partial charge >= 0.3 is 0 Å². The molecule has 0 N–H and O–H groups in total. The molecule has 1 unspecified atom stereocenters. The van der Waals surface area contributed by atoms with Crippen LogP contribution in [0.4, 0.5) is 0 Å². The lowest BCUT2D eigenvalue weighted by atomic mass is 9.84. The van der Waals surface area contributed by atoms with E-state index in [4.69, 9.17) is 9.57 Å². The number of hydroxylamine groups is 2. The molecule has 0 aliphatic carbocycles. The van der Waals surface area contributed by atoms with Gasteiger partial charge in [-0.25, -0.2) is 5.06 Å². The Bertz CT molecular complexity index is 494. The molecule has 120 valence electrons. The van der Waals surface area contributed by atoms with Crippen LogP contribution in [-0.2, 0) is 14.4 Å². The van der Waals surface area contributed by atoms with Crippen LogP contribution in [0.2, 0.25) is 0 Å². The summed E-state index contributed by atoms with van der Waals surface area (Å²) >= 11 is 0. The van der Waals surface area contributed by atoms with Crippen LogP contribution in [0.5, 0.6) is 0 Å². The summed E-state index contributed by atoms with van der Waals surface area (Å²) in [6, 6.07) is 7.21. The number of carbonyl (C=O) groups excluding carboxylic acids is 2. The molecule has 22 heavy (non-hydrogen) atoms. The molecule has 1 heterocycles. The highest BCUT2D eigenvalue weighted by atomic mass is 16.7. The van der Waals surface area contributed by atoms with Gasteiger partial charge in [-0.3, -0.25) is 14.4 Å². The third kappa shape index (κ3) is 4.15. The summed E-state index contributed by atoms with van der Waals surface area (Å²) in [7, 11) is 3.11. The van der Waals surface area contributed by atoms with E-state index in [9.17, 15) is 9.59 Å². The number of nitrogens with zero attached hydrogens (tertiary/aromatic N) is 1. The van der Waals surface area contributed by atoms with E-state index < -0.39 is 0 Å². The fraction of sp³-hybridized carbons (Fsp3) is 0.529. The van der Waals surface area contributed by atoms with Gasteiger partial charge < -0.3 is 4.74 Å². The summed E-state index contributed by atoms with van der Waals surface area (Å²) in [5.41, 5.74) is 1.53. The molecule has 1 fully saturated rings. The predicted molar refractivity (Wildman–Crippen MR) is 82.5 cm³/mol. The van der Waals surface area contributed by atoms with Gasteiger partial charge in [-0.1, -0.05) is 24.3 Å². The van der Waals surface area contributed by atoms with Gasteiger partial charge in [0.1, 0.15) is 6.29 Å². The summed E-state index contributed by atoms with van der Waals surface area (Å²) in [4.78, 5) is 28.4. The second kappa shape index (κ2) is 8.06. The Kier molecular flexibility index (Phi) is 6.10. The molecular formula is C17H23NO4. The molecule has 1 aromatic carbocycles. The van der Waals surface area contributed by atoms with E-state index in [1.807, 2.05) is 12.1 Å². The van der Waals surface area contributed by atoms with Gasteiger partial charge in [-0.15, -0.1) is 0 Å². The predicted octanol–water partition coefficient (Wildman–Crippen LogP) is 2.42. The number of benzene rings is 1. The van der Waals surface area contributed by atoms with Gasteiger partial charge in [0.15, 0.2) is 0 Å². The van der Waals surface area contributed by atoms with Crippen molar-refractivity contribution in [1.82, 2.24) is 5.06 Å². The van der Waals surface area contributed by atoms with Gasteiger partial charge in [0, 0.05) is 25.8 Å². The van der Waals surface area contributed by atoms with Gasteiger partial charge in [0.05, 0.1) is 13.0 Å². The number of likely N-dealkylation sites (N-methyl/N-ethyl adjacent to an activating group) is 1. The van der Waals surface area contributed by atoms with Crippen molar-refractivity contribution >= 4 is 12.2 Å². The molecule has 0 aromatic heterocycles. The quantitative estimate of drug-likeness (QED) is 0.598. The fourth-order valence-corrected chi connectivity index (χ4v) is 2.81. The maximum atomic E-state index is 12.6. The van der Waals surface area contributed by atoms with Crippen LogP contribution in [0.15, 0.2) is 24.3 Å².